The molecule has 9 nitrogen and oxygen atoms in total. The van der Waals surface area contributed by atoms with Crippen molar-refractivity contribution in [3.8, 4) is 0 Å². The normalized spacial score (nSPS) is 19.2. The molecule has 1 aromatic heterocycles. The van der Waals surface area contributed by atoms with Gasteiger partial charge in [-0.2, -0.15) is 0 Å². The van der Waals surface area contributed by atoms with Crippen molar-refractivity contribution in [2.24, 2.45) is 5.92 Å². The summed E-state index contributed by atoms with van der Waals surface area (Å²) in [7, 11) is 0. The van der Waals surface area contributed by atoms with E-state index in [4.69, 9.17) is 0 Å². The van der Waals surface area contributed by atoms with E-state index in [1.807, 2.05) is 11.8 Å². The standard InChI is InChI=1S/C27H39N7O2/c1-3-28-25(35)24-17-30-26(31-18-24)33-15-16-34(21(2)19-33)27(36)29-12-9-22-10-13-32(14-11-22)20-23-7-5-4-6-8-23/h4-8,17-18,21-22H,3,9-16,19-20H2,1-2H3,(H,28,35)(H,29,36)/t21-/m1/s1. The van der Waals surface area contributed by atoms with Gasteiger partial charge in [0.15, 0.2) is 0 Å². The fourth-order valence-corrected chi connectivity index (χ4v) is 5.06. The first-order valence-electron chi connectivity index (χ1n) is 13.2. The Hall–Kier alpha value is -3.20. The molecular formula is C27H39N7O2. The number of benzene rings is 1. The Kier molecular flexibility index (Phi) is 9.11. The number of rotatable bonds is 8. The first-order valence-corrected chi connectivity index (χ1v) is 13.2. The molecule has 1 aromatic carbocycles. The summed E-state index contributed by atoms with van der Waals surface area (Å²) < 4.78 is 0. The van der Waals surface area contributed by atoms with E-state index in [2.05, 4.69) is 67.7 Å². The summed E-state index contributed by atoms with van der Waals surface area (Å²) in [5.41, 5.74) is 1.83. The lowest BCUT2D eigenvalue weighted by Crippen LogP contribution is -2.57. The lowest BCUT2D eigenvalue weighted by atomic mass is 9.93. The molecule has 2 aliphatic rings. The van der Waals surface area contributed by atoms with Crippen LogP contribution in [-0.4, -0.2) is 83.6 Å². The van der Waals surface area contributed by atoms with Crippen molar-refractivity contribution in [3.63, 3.8) is 0 Å². The van der Waals surface area contributed by atoms with Crippen LogP contribution in [0.3, 0.4) is 0 Å². The summed E-state index contributed by atoms with van der Waals surface area (Å²) in [6, 6.07) is 10.7. The molecular weight excluding hydrogens is 454 g/mol. The molecule has 0 aliphatic carbocycles. The zero-order valence-corrected chi connectivity index (χ0v) is 21.5. The van der Waals surface area contributed by atoms with Crippen LogP contribution in [0, 0.1) is 5.92 Å². The predicted octanol–water partition coefficient (Wildman–Crippen LogP) is 2.75. The average Bonchev–Trinajstić information content (AvgIpc) is 2.90. The average molecular weight is 494 g/mol. The first-order chi connectivity index (χ1) is 17.5. The number of amides is 3. The van der Waals surface area contributed by atoms with Crippen molar-refractivity contribution in [2.75, 3.05) is 50.7 Å². The molecule has 2 aliphatic heterocycles. The zero-order valence-electron chi connectivity index (χ0n) is 21.5. The number of carbonyl (C=O) groups excluding carboxylic acids is 2. The summed E-state index contributed by atoms with van der Waals surface area (Å²) in [6.07, 6.45) is 6.53. The molecule has 2 saturated heterocycles. The van der Waals surface area contributed by atoms with Crippen molar-refractivity contribution >= 4 is 17.9 Å². The number of hydrogen-bond acceptors (Lipinski definition) is 6. The minimum atomic E-state index is -0.170. The number of urea groups is 1. The molecule has 2 fully saturated rings. The Morgan fingerprint density at radius 3 is 2.39 bits per heavy atom. The predicted molar refractivity (Wildman–Crippen MR) is 141 cm³/mol. The van der Waals surface area contributed by atoms with E-state index < -0.39 is 0 Å². The molecule has 1 atom stereocenters. The third-order valence-corrected chi connectivity index (χ3v) is 7.19. The van der Waals surface area contributed by atoms with Gasteiger partial charge >= 0.3 is 6.03 Å². The van der Waals surface area contributed by atoms with Crippen LogP contribution in [0.15, 0.2) is 42.7 Å². The second kappa shape index (κ2) is 12.7. The van der Waals surface area contributed by atoms with E-state index in [0.29, 0.717) is 43.6 Å². The van der Waals surface area contributed by atoms with Gasteiger partial charge in [-0.15, -0.1) is 0 Å². The van der Waals surface area contributed by atoms with E-state index >= 15 is 0 Å². The van der Waals surface area contributed by atoms with Gasteiger partial charge in [0.1, 0.15) is 0 Å². The van der Waals surface area contributed by atoms with Gasteiger partial charge < -0.3 is 20.4 Å². The van der Waals surface area contributed by atoms with Crippen molar-refractivity contribution in [1.29, 1.82) is 0 Å². The topological polar surface area (TPSA) is 93.7 Å². The lowest BCUT2D eigenvalue weighted by Gasteiger charge is -2.39. The monoisotopic (exact) mass is 493 g/mol. The summed E-state index contributed by atoms with van der Waals surface area (Å²) in [5, 5.41) is 5.90. The minimum Gasteiger partial charge on any atom is -0.352 e. The Labute approximate surface area is 214 Å². The molecule has 9 heteroatoms. The molecule has 36 heavy (non-hydrogen) atoms. The molecule has 3 heterocycles. The van der Waals surface area contributed by atoms with Crippen LogP contribution in [0.5, 0.6) is 0 Å². The molecule has 194 valence electrons. The molecule has 3 amide bonds. The first kappa shape index (κ1) is 25.9. The molecule has 0 saturated carbocycles. The van der Waals surface area contributed by atoms with E-state index in [1.165, 1.54) is 18.4 Å². The van der Waals surface area contributed by atoms with Gasteiger partial charge in [-0.3, -0.25) is 9.69 Å². The maximum atomic E-state index is 12.8. The maximum absolute atomic E-state index is 12.8. The van der Waals surface area contributed by atoms with E-state index in [9.17, 15) is 9.59 Å². The maximum Gasteiger partial charge on any atom is 0.317 e. The van der Waals surface area contributed by atoms with Gasteiger partial charge in [-0.05, 0) is 57.7 Å². The Morgan fingerprint density at radius 1 is 1.00 bits per heavy atom. The highest BCUT2D eigenvalue weighted by Gasteiger charge is 2.29. The smallest absolute Gasteiger partial charge is 0.317 e. The summed E-state index contributed by atoms with van der Waals surface area (Å²) >= 11 is 0. The Balaban J connectivity index is 1.15. The van der Waals surface area contributed by atoms with Crippen LogP contribution in [0.1, 0.15) is 49.0 Å². The van der Waals surface area contributed by atoms with Gasteiger partial charge in [0.25, 0.3) is 5.91 Å². The number of nitrogens with one attached hydrogen (secondary N) is 2. The lowest BCUT2D eigenvalue weighted by molar-refractivity contribution is 0.0955. The van der Waals surface area contributed by atoms with Crippen LogP contribution in [-0.2, 0) is 6.54 Å². The van der Waals surface area contributed by atoms with Crippen molar-refractivity contribution in [1.82, 2.24) is 30.4 Å². The third-order valence-electron chi connectivity index (χ3n) is 7.19. The van der Waals surface area contributed by atoms with Crippen molar-refractivity contribution in [2.45, 2.75) is 45.7 Å². The number of aromatic nitrogens is 2. The molecule has 2 N–H and O–H groups in total. The number of hydrogen-bond donors (Lipinski definition) is 2. The minimum absolute atomic E-state index is 0.0103. The van der Waals surface area contributed by atoms with Crippen LogP contribution in [0.4, 0.5) is 10.7 Å². The fraction of sp³-hybridized carbons (Fsp3) is 0.556. The van der Waals surface area contributed by atoms with E-state index in [0.717, 1.165) is 32.6 Å². The van der Waals surface area contributed by atoms with Gasteiger partial charge in [0.2, 0.25) is 5.95 Å². The second-order valence-corrected chi connectivity index (χ2v) is 9.85. The Bertz CT molecular complexity index is 977. The van der Waals surface area contributed by atoms with Gasteiger partial charge in [-0.1, -0.05) is 30.3 Å². The van der Waals surface area contributed by atoms with Crippen molar-refractivity contribution < 1.29 is 9.59 Å². The van der Waals surface area contributed by atoms with Crippen molar-refractivity contribution in [3.05, 3.63) is 53.9 Å². The van der Waals surface area contributed by atoms with Crippen LogP contribution in [0.25, 0.3) is 0 Å². The molecule has 0 radical (unpaired) electrons. The summed E-state index contributed by atoms with van der Waals surface area (Å²) in [6.45, 7) is 10.4. The molecule has 0 bridgehead atoms. The molecule has 2 aromatic rings. The van der Waals surface area contributed by atoms with E-state index in [-0.39, 0.29) is 18.0 Å². The number of piperazine rings is 1. The van der Waals surface area contributed by atoms with Gasteiger partial charge in [0, 0.05) is 57.7 Å². The number of likely N-dealkylation sites (tertiary alicyclic amines) is 1. The summed E-state index contributed by atoms with van der Waals surface area (Å²) in [5.74, 6) is 1.09. The second-order valence-electron chi connectivity index (χ2n) is 9.85. The van der Waals surface area contributed by atoms with Crippen LogP contribution >= 0.6 is 0 Å². The van der Waals surface area contributed by atoms with E-state index in [1.54, 1.807) is 12.4 Å². The zero-order chi connectivity index (χ0) is 25.3. The molecule has 0 spiro atoms. The van der Waals surface area contributed by atoms with Gasteiger partial charge in [-0.25, -0.2) is 14.8 Å². The van der Waals surface area contributed by atoms with Gasteiger partial charge in [0.05, 0.1) is 5.56 Å². The number of piperidine rings is 1. The number of anilines is 1. The van der Waals surface area contributed by atoms with Crippen LogP contribution in [0.2, 0.25) is 0 Å². The third kappa shape index (κ3) is 6.94. The molecule has 0 unspecified atom stereocenters. The number of carbonyl (C=O) groups is 2. The molecule has 4 rings (SSSR count). The summed E-state index contributed by atoms with van der Waals surface area (Å²) in [4.78, 5) is 40.0. The highest BCUT2D eigenvalue weighted by Crippen LogP contribution is 2.22. The fourth-order valence-electron chi connectivity index (χ4n) is 5.06. The highest BCUT2D eigenvalue weighted by atomic mass is 16.2. The quantitative estimate of drug-likeness (QED) is 0.587. The number of nitrogens with zero attached hydrogens (tertiary/aromatic N) is 5. The van der Waals surface area contributed by atoms with Crippen LogP contribution < -0.4 is 15.5 Å². The largest absolute Gasteiger partial charge is 0.352 e. The SMILES string of the molecule is CCNC(=O)c1cnc(N2CCN(C(=O)NCCC3CCN(Cc4ccccc4)CC3)[C@H](C)C2)nc1. The Morgan fingerprint density at radius 2 is 1.72 bits per heavy atom. The highest BCUT2D eigenvalue weighted by molar-refractivity contribution is 5.93.